The number of hydrogen-bond acceptors (Lipinski definition) is 4. The molecule has 0 saturated carbocycles. The summed E-state index contributed by atoms with van der Waals surface area (Å²) in [6.07, 6.45) is 5.43. The summed E-state index contributed by atoms with van der Waals surface area (Å²) >= 11 is 0. The molecule has 2 N–H and O–H groups in total. The molecular formula is C15H18N4O2. The van der Waals surface area contributed by atoms with Crippen molar-refractivity contribution in [3.63, 3.8) is 0 Å². The molecule has 0 atom stereocenters. The molecule has 1 aromatic carbocycles. The number of aromatic amines is 1. The molecule has 0 fully saturated rings. The Kier molecular flexibility index (Phi) is 3.60. The minimum Gasteiger partial charge on any atom is -0.507 e. The van der Waals surface area contributed by atoms with Crippen LogP contribution in [0.15, 0.2) is 18.5 Å². The fraction of sp³-hybridized carbons (Fsp3) is 0.400. The smallest absolute Gasteiger partial charge is 0.257 e. The number of phenols is 1. The molecule has 110 valence electrons. The summed E-state index contributed by atoms with van der Waals surface area (Å²) in [5.41, 5.74) is 2.45. The van der Waals surface area contributed by atoms with Gasteiger partial charge in [-0.25, -0.2) is 4.98 Å². The third-order valence-corrected chi connectivity index (χ3v) is 3.93. The number of fused-ring (bicyclic) bond motifs is 1. The number of phenolic OH excluding ortho intramolecular Hbond substituents is 1. The van der Waals surface area contributed by atoms with Gasteiger partial charge < -0.3 is 10.0 Å². The molecule has 6 heteroatoms. The predicted octanol–water partition coefficient (Wildman–Crippen LogP) is 1.66. The summed E-state index contributed by atoms with van der Waals surface area (Å²) in [6.45, 7) is 0.329. The van der Waals surface area contributed by atoms with E-state index in [1.54, 1.807) is 13.1 Å². The number of hydrogen-bond donors (Lipinski definition) is 2. The fourth-order valence-electron chi connectivity index (χ4n) is 2.79. The van der Waals surface area contributed by atoms with E-state index in [2.05, 4.69) is 15.2 Å². The second-order valence-corrected chi connectivity index (χ2v) is 5.40. The van der Waals surface area contributed by atoms with Crippen LogP contribution in [0.4, 0.5) is 0 Å². The second-order valence-electron chi connectivity index (χ2n) is 5.40. The first-order valence-corrected chi connectivity index (χ1v) is 7.10. The van der Waals surface area contributed by atoms with Crippen LogP contribution in [0.1, 0.15) is 40.2 Å². The zero-order chi connectivity index (χ0) is 14.8. The first-order valence-electron chi connectivity index (χ1n) is 7.10. The highest BCUT2D eigenvalue weighted by molar-refractivity contribution is 5.97. The Morgan fingerprint density at radius 3 is 2.95 bits per heavy atom. The lowest BCUT2D eigenvalue weighted by molar-refractivity contribution is 0.0778. The highest BCUT2D eigenvalue weighted by Gasteiger charge is 2.22. The Labute approximate surface area is 122 Å². The van der Waals surface area contributed by atoms with E-state index in [-0.39, 0.29) is 11.7 Å². The predicted molar refractivity (Wildman–Crippen MR) is 76.9 cm³/mol. The number of benzene rings is 1. The molecular weight excluding hydrogens is 268 g/mol. The van der Waals surface area contributed by atoms with Gasteiger partial charge in [0.1, 0.15) is 17.9 Å². The highest BCUT2D eigenvalue weighted by Crippen LogP contribution is 2.32. The molecule has 21 heavy (non-hydrogen) atoms. The number of nitrogens with one attached hydrogen (secondary N) is 1. The molecule has 1 aliphatic rings. The Bertz CT molecular complexity index is 652. The Morgan fingerprint density at radius 1 is 1.38 bits per heavy atom. The molecule has 0 saturated heterocycles. The van der Waals surface area contributed by atoms with Gasteiger partial charge in [-0.3, -0.25) is 9.89 Å². The van der Waals surface area contributed by atoms with Gasteiger partial charge in [-0.05, 0) is 42.9 Å². The van der Waals surface area contributed by atoms with Crippen molar-refractivity contribution in [2.45, 2.75) is 32.2 Å². The lowest BCUT2D eigenvalue weighted by Crippen LogP contribution is -2.27. The van der Waals surface area contributed by atoms with Crippen molar-refractivity contribution < 1.29 is 9.90 Å². The molecule has 3 rings (SSSR count). The lowest BCUT2D eigenvalue weighted by Gasteiger charge is -2.21. The molecule has 0 spiro atoms. The van der Waals surface area contributed by atoms with E-state index in [1.807, 2.05) is 6.07 Å². The van der Waals surface area contributed by atoms with Gasteiger partial charge in [0.2, 0.25) is 0 Å². The van der Waals surface area contributed by atoms with E-state index in [0.717, 1.165) is 36.8 Å². The van der Waals surface area contributed by atoms with Crippen LogP contribution in [0.5, 0.6) is 5.75 Å². The maximum Gasteiger partial charge on any atom is 0.257 e. The molecule has 6 nitrogen and oxygen atoms in total. The van der Waals surface area contributed by atoms with E-state index in [4.69, 9.17) is 0 Å². The van der Waals surface area contributed by atoms with E-state index >= 15 is 0 Å². The van der Waals surface area contributed by atoms with Gasteiger partial charge in [0, 0.05) is 7.05 Å². The largest absolute Gasteiger partial charge is 0.507 e. The first-order chi connectivity index (χ1) is 10.2. The summed E-state index contributed by atoms with van der Waals surface area (Å²) in [7, 11) is 1.68. The van der Waals surface area contributed by atoms with Crippen molar-refractivity contribution in [2.75, 3.05) is 7.05 Å². The average molecular weight is 286 g/mol. The topological polar surface area (TPSA) is 82.1 Å². The summed E-state index contributed by atoms with van der Waals surface area (Å²) < 4.78 is 0. The van der Waals surface area contributed by atoms with Gasteiger partial charge in [-0.2, -0.15) is 5.10 Å². The summed E-state index contributed by atoms with van der Waals surface area (Å²) in [4.78, 5) is 18.0. The maximum atomic E-state index is 12.5. The van der Waals surface area contributed by atoms with Crippen LogP contribution in [0.25, 0.3) is 0 Å². The normalized spacial score (nSPS) is 13.8. The SMILES string of the molecule is CN(Cc1ncn[nH]1)C(=O)c1ccc2c(c1O)CCCC2. The lowest BCUT2D eigenvalue weighted by atomic mass is 9.89. The number of rotatable bonds is 3. The van der Waals surface area contributed by atoms with Crippen molar-refractivity contribution in [3.8, 4) is 5.75 Å². The van der Waals surface area contributed by atoms with E-state index < -0.39 is 0 Å². The fourth-order valence-corrected chi connectivity index (χ4v) is 2.79. The van der Waals surface area contributed by atoms with Crippen LogP contribution in [-0.2, 0) is 19.4 Å². The molecule has 0 unspecified atom stereocenters. The number of aromatic nitrogens is 3. The van der Waals surface area contributed by atoms with Crippen molar-refractivity contribution >= 4 is 5.91 Å². The molecule has 2 aromatic rings. The highest BCUT2D eigenvalue weighted by atomic mass is 16.3. The van der Waals surface area contributed by atoms with Gasteiger partial charge in [0.25, 0.3) is 5.91 Å². The van der Waals surface area contributed by atoms with Crippen LogP contribution in [0.3, 0.4) is 0 Å². The second kappa shape index (κ2) is 5.55. The van der Waals surface area contributed by atoms with E-state index in [9.17, 15) is 9.90 Å². The molecule has 0 aliphatic heterocycles. The number of H-pyrrole nitrogens is 1. The van der Waals surface area contributed by atoms with Crippen molar-refractivity contribution in [2.24, 2.45) is 0 Å². The Balaban J connectivity index is 1.84. The molecule has 1 aromatic heterocycles. The first kappa shape index (κ1) is 13.6. The van der Waals surface area contributed by atoms with Crippen molar-refractivity contribution in [1.29, 1.82) is 0 Å². The average Bonchev–Trinajstić information content (AvgIpc) is 3.00. The number of amides is 1. The van der Waals surface area contributed by atoms with Crippen molar-refractivity contribution in [3.05, 3.63) is 41.0 Å². The van der Waals surface area contributed by atoms with Crippen molar-refractivity contribution in [1.82, 2.24) is 20.1 Å². The Hall–Kier alpha value is -2.37. The van der Waals surface area contributed by atoms with E-state index in [0.29, 0.717) is 17.9 Å². The van der Waals surface area contributed by atoms with Crippen LogP contribution < -0.4 is 0 Å². The maximum absolute atomic E-state index is 12.5. The third-order valence-electron chi connectivity index (χ3n) is 3.93. The van der Waals surface area contributed by atoms with Gasteiger partial charge in [-0.1, -0.05) is 6.07 Å². The minimum absolute atomic E-state index is 0.140. The monoisotopic (exact) mass is 286 g/mol. The molecule has 1 aliphatic carbocycles. The number of carbonyl (C=O) groups excluding carboxylic acids is 1. The van der Waals surface area contributed by atoms with Crippen LogP contribution in [0, 0.1) is 0 Å². The van der Waals surface area contributed by atoms with E-state index in [1.165, 1.54) is 11.2 Å². The number of aromatic hydroxyl groups is 1. The van der Waals surface area contributed by atoms with Gasteiger partial charge in [0.15, 0.2) is 0 Å². The molecule has 0 radical (unpaired) electrons. The van der Waals surface area contributed by atoms with Gasteiger partial charge >= 0.3 is 0 Å². The van der Waals surface area contributed by atoms with Crippen LogP contribution in [0.2, 0.25) is 0 Å². The third kappa shape index (κ3) is 2.61. The van der Waals surface area contributed by atoms with Gasteiger partial charge in [0.05, 0.1) is 12.1 Å². The molecule has 1 amide bonds. The molecule has 0 bridgehead atoms. The molecule has 1 heterocycles. The summed E-state index contributed by atoms with van der Waals surface area (Å²) in [5, 5.41) is 16.9. The van der Waals surface area contributed by atoms with Crippen LogP contribution >= 0.6 is 0 Å². The standard InChI is InChI=1S/C15H18N4O2/c1-19(8-13-16-9-17-18-13)15(21)12-7-6-10-4-2-3-5-11(10)14(12)20/h6-7,9,20H,2-5,8H2,1H3,(H,16,17,18). The quantitative estimate of drug-likeness (QED) is 0.899. The Morgan fingerprint density at radius 2 is 2.19 bits per heavy atom. The summed E-state index contributed by atoms with van der Waals surface area (Å²) in [6, 6.07) is 3.68. The van der Waals surface area contributed by atoms with Gasteiger partial charge in [-0.15, -0.1) is 0 Å². The van der Waals surface area contributed by atoms with Crippen LogP contribution in [-0.4, -0.2) is 38.1 Å². The number of aryl methyl sites for hydroxylation is 1. The zero-order valence-electron chi connectivity index (χ0n) is 12.0. The summed E-state index contributed by atoms with van der Waals surface area (Å²) in [5.74, 6) is 0.544. The minimum atomic E-state index is -0.211. The number of nitrogens with zero attached hydrogens (tertiary/aromatic N) is 3. The number of carbonyl (C=O) groups is 1. The zero-order valence-corrected chi connectivity index (χ0v) is 12.0.